The van der Waals surface area contributed by atoms with Crippen LogP contribution >= 0.6 is 15.9 Å². The number of halogens is 2. The average Bonchev–Trinajstić information content (AvgIpc) is 1.64. The Kier molecular flexibility index (Phi) is 4.44. The fourth-order valence-corrected chi connectivity index (χ4v) is 0.831. The summed E-state index contributed by atoms with van der Waals surface area (Å²) in [4.78, 5) is 0. The molecule has 3 heteroatoms. The van der Waals surface area contributed by atoms with Gasteiger partial charge in [-0.05, 0) is 18.2 Å². The molecule has 1 rings (SSSR count). The molecular formula is C6H6BrFMg. The van der Waals surface area contributed by atoms with E-state index >= 15 is 0 Å². The van der Waals surface area contributed by atoms with Gasteiger partial charge in [0, 0.05) is 4.47 Å². The van der Waals surface area contributed by atoms with E-state index in [1.54, 1.807) is 12.1 Å². The minimum Gasteiger partial charge on any atom is -1.00 e. The molecule has 0 fully saturated rings. The van der Waals surface area contributed by atoms with Gasteiger partial charge in [0.15, 0.2) is 0 Å². The predicted molar refractivity (Wildman–Crippen MR) is 42.1 cm³/mol. The van der Waals surface area contributed by atoms with E-state index in [2.05, 4.69) is 15.9 Å². The molecule has 0 nitrogen and oxygen atoms in total. The van der Waals surface area contributed by atoms with E-state index in [-0.39, 0.29) is 31.7 Å². The molecule has 1 aromatic carbocycles. The maximum atomic E-state index is 12.1. The third kappa shape index (κ3) is 3.18. The molecule has 0 aromatic heterocycles. The van der Waals surface area contributed by atoms with Crippen LogP contribution in [0.5, 0.6) is 0 Å². The van der Waals surface area contributed by atoms with E-state index in [1.807, 2.05) is 0 Å². The smallest absolute Gasteiger partial charge is 1.00 e. The molecule has 0 radical (unpaired) electrons. The van der Waals surface area contributed by atoms with Crippen LogP contribution in [0, 0.1) is 5.82 Å². The van der Waals surface area contributed by atoms with Crippen LogP contribution < -0.4 is 0 Å². The molecule has 0 saturated carbocycles. The van der Waals surface area contributed by atoms with E-state index in [4.69, 9.17) is 0 Å². The van der Waals surface area contributed by atoms with Crippen molar-refractivity contribution in [3.63, 3.8) is 0 Å². The van der Waals surface area contributed by atoms with Gasteiger partial charge in [0.25, 0.3) is 0 Å². The van der Waals surface area contributed by atoms with Crippen LogP contribution in [0.2, 0.25) is 0 Å². The Morgan fingerprint density at radius 1 is 1.44 bits per heavy atom. The molecule has 0 bridgehead atoms. The summed E-state index contributed by atoms with van der Waals surface area (Å²) in [6.45, 7) is 0. The fraction of sp³-hybridized carbons (Fsp3) is 0. The topological polar surface area (TPSA) is 0 Å². The van der Waals surface area contributed by atoms with Crippen LogP contribution in [0.3, 0.4) is 0 Å². The van der Waals surface area contributed by atoms with E-state index in [0.29, 0.717) is 0 Å². The van der Waals surface area contributed by atoms with Gasteiger partial charge in [0.2, 0.25) is 0 Å². The second-order valence-corrected chi connectivity index (χ2v) is 2.36. The minimum atomic E-state index is -0.209. The van der Waals surface area contributed by atoms with Crippen molar-refractivity contribution in [2.75, 3.05) is 0 Å². The third-order valence-corrected chi connectivity index (χ3v) is 1.28. The summed E-state index contributed by atoms with van der Waals surface area (Å²) >= 11 is 3.12. The maximum Gasteiger partial charge on any atom is 2.00 e. The molecule has 0 aliphatic carbocycles. The zero-order valence-corrected chi connectivity index (χ0v) is 7.77. The Hall–Kier alpha value is 0.396. The minimum absolute atomic E-state index is 0. The monoisotopic (exact) mass is 200 g/mol. The zero-order valence-electron chi connectivity index (χ0n) is 6.77. The van der Waals surface area contributed by atoms with Gasteiger partial charge in [0.05, 0.1) is 0 Å². The molecule has 0 saturated heterocycles. The van der Waals surface area contributed by atoms with Gasteiger partial charge in [-0.2, -0.15) is 0 Å². The Morgan fingerprint density at radius 2 is 2.11 bits per heavy atom. The quantitative estimate of drug-likeness (QED) is 0.566. The maximum absolute atomic E-state index is 12.1. The number of hydrogen-bond donors (Lipinski definition) is 0. The molecule has 0 amide bonds. The fourth-order valence-electron chi connectivity index (χ4n) is 0.460. The normalized spacial score (nSPS) is 8.22. The van der Waals surface area contributed by atoms with E-state index < -0.39 is 0 Å². The van der Waals surface area contributed by atoms with Crippen LogP contribution in [0.15, 0.2) is 28.7 Å². The summed E-state index contributed by atoms with van der Waals surface area (Å²) in [5, 5.41) is 0. The Morgan fingerprint density at radius 3 is 2.44 bits per heavy atom. The van der Waals surface area contributed by atoms with Crippen molar-refractivity contribution in [3.05, 3.63) is 34.6 Å². The standard InChI is InChI=1S/C6H4BrF.Mg.2H/c7-5-2-1-3-6(8)4-5;;;/h1-4H;;;/q;+2;2*-1. The van der Waals surface area contributed by atoms with E-state index in [1.165, 1.54) is 12.1 Å². The van der Waals surface area contributed by atoms with Crippen molar-refractivity contribution >= 4 is 39.0 Å². The molecule has 0 N–H and O–H groups in total. The molecule has 0 aliphatic rings. The number of hydrogen-bond acceptors (Lipinski definition) is 0. The van der Waals surface area contributed by atoms with Crippen molar-refractivity contribution in [2.45, 2.75) is 0 Å². The van der Waals surface area contributed by atoms with Gasteiger partial charge < -0.3 is 2.85 Å². The predicted octanol–water partition coefficient (Wildman–Crippen LogP) is 2.43. The van der Waals surface area contributed by atoms with Crippen LogP contribution in [-0.2, 0) is 0 Å². The van der Waals surface area contributed by atoms with E-state index in [0.717, 1.165) is 4.47 Å². The molecule has 9 heavy (non-hydrogen) atoms. The van der Waals surface area contributed by atoms with E-state index in [9.17, 15) is 4.39 Å². The van der Waals surface area contributed by atoms with Gasteiger partial charge >= 0.3 is 23.1 Å². The first kappa shape index (κ1) is 9.40. The zero-order chi connectivity index (χ0) is 5.98. The van der Waals surface area contributed by atoms with Crippen molar-refractivity contribution in [1.82, 2.24) is 0 Å². The molecule has 0 aliphatic heterocycles. The molecule has 0 spiro atoms. The van der Waals surface area contributed by atoms with Crippen LogP contribution in [0.1, 0.15) is 2.85 Å². The Labute approximate surface area is 80.7 Å². The van der Waals surface area contributed by atoms with Crippen molar-refractivity contribution in [1.29, 1.82) is 0 Å². The van der Waals surface area contributed by atoms with Crippen LogP contribution in [0.25, 0.3) is 0 Å². The average molecular weight is 201 g/mol. The van der Waals surface area contributed by atoms with Gasteiger partial charge in [-0.25, -0.2) is 4.39 Å². The number of rotatable bonds is 0. The number of benzene rings is 1. The van der Waals surface area contributed by atoms with Crippen molar-refractivity contribution in [3.8, 4) is 0 Å². The molecule has 0 heterocycles. The summed E-state index contributed by atoms with van der Waals surface area (Å²) < 4.78 is 12.9. The molecular weight excluding hydrogens is 195 g/mol. The summed E-state index contributed by atoms with van der Waals surface area (Å²) in [5.74, 6) is -0.209. The van der Waals surface area contributed by atoms with Crippen LogP contribution in [-0.4, -0.2) is 23.1 Å². The second-order valence-electron chi connectivity index (χ2n) is 1.44. The summed E-state index contributed by atoms with van der Waals surface area (Å²) in [7, 11) is 0. The van der Waals surface area contributed by atoms with Gasteiger partial charge in [-0.3, -0.25) is 0 Å². The summed E-state index contributed by atoms with van der Waals surface area (Å²) in [6.07, 6.45) is 0. The van der Waals surface area contributed by atoms with Crippen molar-refractivity contribution < 1.29 is 7.24 Å². The first-order valence-electron chi connectivity index (χ1n) is 2.20. The summed E-state index contributed by atoms with van der Waals surface area (Å²) in [5.41, 5.74) is 0. The van der Waals surface area contributed by atoms with Gasteiger partial charge in [0.1, 0.15) is 5.82 Å². The molecule has 0 atom stereocenters. The summed E-state index contributed by atoms with van der Waals surface area (Å²) in [6, 6.07) is 6.26. The largest absolute Gasteiger partial charge is 2.00 e. The SMILES string of the molecule is Fc1cccc(Br)c1.[H-].[H-].[Mg+2]. The molecule has 46 valence electrons. The van der Waals surface area contributed by atoms with Crippen molar-refractivity contribution in [2.24, 2.45) is 0 Å². The molecule has 1 aromatic rings. The second kappa shape index (κ2) is 4.25. The first-order chi connectivity index (χ1) is 3.79. The Balaban J connectivity index is -0.000000213. The third-order valence-electron chi connectivity index (χ3n) is 0.787. The Bertz CT molecular complexity index is 180. The van der Waals surface area contributed by atoms with Crippen LogP contribution in [0.4, 0.5) is 4.39 Å². The van der Waals surface area contributed by atoms with Gasteiger partial charge in [-0.15, -0.1) is 0 Å². The first-order valence-corrected chi connectivity index (χ1v) is 2.99. The van der Waals surface area contributed by atoms with Gasteiger partial charge in [-0.1, -0.05) is 22.0 Å². The molecule has 0 unspecified atom stereocenters.